The Morgan fingerprint density at radius 1 is 0.889 bits per heavy atom. The summed E-state index contributed by atoms with van der Waals surface area (Å²) < 4.78 is 0. The number of aryl methyl sites for hydroxylation is 2. The minimum absolute atomic E-state index is 0.0982. The molecule has 0 heterocycles. The molecule has 1 atom stereocenters. The third-order valence-electron chi connectivity index (χ3n) is 4.53. The summed E-state index contributed by atoms with van der Waals surface area (Å²) in [5.41, 5.74) is 4.92. The van der Waals surface area contributed by atoms with Crippen LogP contribution in [0.3, 0.4) is 0 Å². The van der Waals surface area contributed by atoms with Crippen molar-refractivity contribution < 1.29 is 14.5 Å². The van der Waals surface area contributed by atoms with Crippen molar-refractivity contribution in [3.63, 3.8) is 0 Å². The summed E-state index contributed by atoms with van der Waals surface area (Å²) in [6.45, 7) is 8.67. The predicted octanol–water partition coefficient (Wildman–Crippen LogP) is 2.52. The van der Waals surface area contributed by atoms with Crippen LogP contribution in [-0.2, 0) is 9.59 Å². The van der Waals surface area contributed by atoms with Crippen LogP contribution in [0.5, 0.6) is 0 Å². The Morgan fingerprint density at radius 2 is 1.41 bits per heavy atom. The van der Waals surface area contributed by atoms with Gasteiger partial charge in [-0.15, -0.1) is 0 Å². The van der Waals surface area contributed by atoms with E-state index in [9.17, 15) is 9.59 Å². The Bertz CT molecular complexity index is 777. The maximum atomic E-state index is 12.3. The number of rotatable bonds is 7. The molecule has 1 unspecified atom stereocenters. The highest BCUT2D eigenvalue weighted by atomic mass is 16.2. The molecule has 0 aliphatic rings. The van der Waals surface area contributed by atoms with E-state index in [2.05, 4.69) is 24.5 Å². The molecule has 0 fully saturated rings. The summed E-state index contributed by atoms with van der Waals surface area (Å²) in [7, 11) is 1.84. The topological polar surface area (TPSA) is 62.6 Å². The second-order valence-corrected chi connectivity index (χ2v) is 7.45. The SMILES string of the molecule is Cc1cccc(C)c1NC(=O)C[NH+](C)CC(=O)Nc1ccc(C(C)C)cc1. The van der Waals surface area contributed by atoms with Crippen molar-refractivity contribution >= 4 is 23.2 Å². The molecule has 3 N–H and O–H groups in total. The average molecular weight is 369 g/mol. The van der Waals surface area contributed by atoms with E-state index in [0.29, 0.717) is 5.92 Å². The van der Waals surface area contributed by atoms with Crippen LogP contribution in [0.15, 0.2) is 42.5 Å². The molecular weight excluding hydrogens is 338 g/mol. The molecule has 0 aliphatic heterocycles. The first-order chi connectivity index (χ1) is 12.8. The molecule has 0 saturated carbocycles. The minimum atomic E-state index is -0.107. The Kier molecular flexibility index (Phi) is 7.13. The van der Waals surface area contributed by atoms with Gasteiger partial charge in [0.1, 0.15) is 0 Å². The van der Waals surface area contributed by atoms with Gasteiger partial charge in [0.15, 0.2) is 13.1 Å². The van der Waals surface area contributed by atoms with Crippen LogP contribution in [0, 0.1) is 13.8 Å². The fourth-order valence-corrected chi connectivity index (χ4v) is 2.96. The zero-order valence-electron chi connectivity index (χ0n) is 16.8. The first kappa shape index (κ1) is 20.6. The van der Waals surface area contributed by atoms with Crippen LogP contribution < -0.4 is 15.5 Å². The number of carbonyl (C=O) groups is 2. The average Bonchev–Trinajstić information content (AvgIpc) is 2.58. The first-order valence-corrected chi connectivity index (χ1v) is 9.33. The zero-order chi connectivity index (χ0) is 20.0. The molecule has 0 aromatic heterocycles. The van der Waals surface area contributed by atoms with Crippen molar-refractivity contribution in [2.75, 3.05) is 30.8 Å². The molecule has 5 nitrogen and oxygen atoms in total. The molecule has 144 valence electrons. The smallest absolute Gasteiger partial charge is 0.279 e. The third-order valence-corrected chi connectivity index (χ3v) is 4.53. The number of para-hydroxylation sites is 1. The second-order valence-electron chi connectivity index (χ2n) is 7.45. The van der Waals surface area contributed by atoms with Gasteiger partial charge in [0, 0.05) is 11.4 Å². The van der Waals surface area contributed by atoms with E-state index in [4.69, 9.17) is 0 Å². The number of anilines is 2. The molecule has 0 bridgehead atoms. The van der Waals surface area contributed by atoms with Gasteiger partial charge in [-0.05, 0) is 48.6 Å². The largest absolute Gasteiger partial charge is 0.322 e. The molecule has 5 heteroatoms. The van der Waals surface area contributed by atoms with Gasteiger partial charge < -0.3 is 15.5 Å². The van der Waals surface area contributed by atoms with Crippen LogP contribution in [-0.4, -0.2) is 32.0 Å². The summed E-state index contributed by atoms with van der Waals surface area (Å²) in [5, 5.41) is 5.85. The van der Waals surface area contributed by atoms with Gasteiger partial charge in [-0.3, -0.25) is 9.59 Å². The molecule has 0 aliphatic carbocycles. The second kappa shape index (κ2) is 9.33. The van der Waals surface area contributed by atoms with E-state index in [0.717, 1.165) is 27.4 Å². The van der Waals surface area contributed by atoms with Crippen molar-refractivity contribution in [3.05, 3.63) is 59.2 Å². The lowest BCUT2D eigenvalue weighted by molar-refractivity contribution is -0.862. The Morgan fingerprint density at radius 3 is 1.93 bits per heavy atom. The lowest BCUT2D eigenvalue weighted by atomic mass is 10.0. The summed E-state index contributed by atoms with van der Waals surface area (Å²) in [4.78, 5) is 25.4. The molecule has 2 rings (SSSR count). The summed E-state index contributed by atoms with van der Waals surface area (Å²) in [6.07, 6.45) is 0. The molecule has 2 aromatic carbocycles. The normalized spacial score (nSPS) is 11.9. The van der Waals surface area contributed by atoms with Crippen molar-refractivity contribution in [2.45, 2.75) is 33.6 Å². The summed E-state index contributed by atoms with van der Waals surface area (Å²) in [6, 6.07) is 13.8. The number of amides is 2. The number of nitrogens with one attached hydrogen (secondary N) is 3. The minimum Gasteiger partial charge on any atom is -0.322 e. The molecule has 0 radical (unpaired) electrons. The highest BCUT2D eigenvalue weighted by Crippen LogP contribution is 2.19. The molecule has 0 spiro atoms. The highest BCUT2D eigenvalue weighted by molar-refractivity contribution is 5.94. The number of hydrogen-bond donors (Lipinski definition) is 3. The van der Waals surface area contributed by atoms with E-state index < -0.39 is 0 Å². The third kappa shape index (κ3) is 6.22. The Balaban J connectivity index is 1.84. The fraction of sp³-hybridized carbons (Fsp3) is 0.364. The van der Waals surface area contributed by atoms with Crippen molar-refractivity contribution in [1.82, 2.24) is 0 Å². The van der Waals surface area contributed by atoms with Crippen LogP contribution in [0.25, 0.3) is 0 Å². The lowest BCUT2D eigenvalue weighted by Crippen LogP contribution is -3.11. The summed E-state index contributed by atoms with van der Waals surface area (Å²) in [5.74, 6) is 0.254. The van der Waals surface area contributed by atoms with Gasteiger partial charge >= 0.3 is 0 Å². The molecule has 2 amide bonds. The fourth-order valence-electron chi connectivity index (χ4n) is 2.96. The number of likely N-dealkylation sites (N-methyl/N-ethyl adjacent to an activating group) is 1. The van der Waals surface area contributed by atoms with Gasteiger partial charge in [-0.2, -0.15) is 0 Å². The highest BCUT2D eigenvalue weighted by Gasteiger charge is 2.16. The molecule has 2 aromatic rings. The first-order valence-electron chi connectivity index (χ1n) is 9.33. The summed E-state index contributed by atoms with van der Waals surface area (Å²) >= 11 is 0. The van der Waals surface area contributed by atoms with Crippen LogP contribution in [0.1, 0.15) is 36.5 Å². The zero-order valence-corrected chi connectivity index (χ0v) is 16.8. The van der Waals surface area contributed by atoms with Crippen molar-refractivity contribution in [2.24, 2.45) is 0 Å². The van der Waals surface area contributed by atoms with Crippen LogP contribution >= 0.6 is 0 Å². The number of quaternary nitrogens is 1. The van der Waals surface area contributed by atoms with Crippen molar-refractivity contribution in [3.8, 4) is 0 Å². The van der Waals surface area contributed by atoms with Gasteiger partial charge in [-0.25, -0.2) is 0 Å². The van der Waals surface area contributed by atoms with Gasteiger partial charge in [0.2, 0.25) is 0 Å². The quantitative estimate of drug-likeness (QED) is 0.703. The maximum Gasteiger partial charge on any atom is 0.279 e. The van der Waals surface area contributed by atoms with Crippen LogP contribution in [0.2, 0.25) is 0 Å². The monoisotopic (exact) mass is 368 g/mol. The predicted molar refractivity (Wildman–Crippen MR) is 110 cm³/mol. The molecular formula is C22H30N3O2+. The van der Waals surface area contributed by atoms with E-state index in [1.165, 1.54) is 5.56 Å². The van der Waals surface area contributed by atoms with Gasteiger partial charge in [-0.1, -0.05) is 44.2 Å². The van der Waals surface area contributed by atoms with E-state index in [1.54, 1.807) is 0 Å². The van der Waals surface area contributed by atoms with Crippen LogP contribution in [0.4, 0.5) is 11.4 Å². The standard InChI is InChI=1S/C22H29N3O2/c1-15(2)18-9-11-19(12-10-18)23-20(26)13-25(5)14-21(27)24-22-16(3)7-6-8-17(22)4/h6-12,15H,13-14H2,1-5H3,(H,23,26)(H,24,27)/p+1. The molecule has 0 saturated heterocycles. The van der Waals surface area contributed by atoms with E-state index in [-0.39, 0.29) is 24.9 Å². The van der Waals surface area contributed by atoms with Gasteiger partial charge in [0.25, 0.3) is 11.8 Å². The van der Waals surface area contributed by atoms with E-state index in [1.807, 2.05) is 63.4 Å². The van der Waals surface area contributed by atoms with Crippen molar-refractivity contribution in [1.29, 1.82) is 0 Å². The molecule has 27 heavy (non-hydrogen) atoms. The van der Waals surface area contributed by atoms with Gasteiger partial charge in [0.05, 0.1) is 7.05 Å². The lowest BCUT2D eigenvalue weighted by Gasteiger charge is -2.16. The van der Waals surface area contributed by atoms with E-state index >= 15 is 0 Å². The maximum absolute atomic E-state index is 12.3. The number of benzene rings is 2. The Hall–Kier alpha value is -2.66. The number of carbonyl (C=O) groups excluding carboxylic acids is 2. The number of hydrogen-bond acceptors (Lipinski definition) is 2. The Labute approximate surface area is 161 Å².